The van der Waals surface area contributed by atoms with Gasteiger partial charge in [-0.15, -0.1) is 24.0 Å². The van der Waals surface area contributed by atoms with Crippen LogP contribution >= 0.6 is 24.0 Å². The number of rotatable bonds is 2. The molecule has 1 atom stereocenters. The fourth-order valence-electron chi connectivity index (χ4n) is 3.12. The van der Waals surface area contributed by atoms with Crippen LogP contribution in [0.3, 0.4) is 0 Å². The summed E-state index contributed by atoms with van der Waals surface area (Å²) < 4.78 is 0. The molecule has 2 N–H and O–H groups in total. The zero-order chi connectivity index (χ0) is 14.7. The minimum Gasteiger partial charge on any atom is -0.357 e. The SMILES string of the molecule is CN=C(NCc1cc2ccccc2[nH]1)N1CCCC(C)C1.I. The molecule has 1 fully saturated rings. The van der Waals surface area contributed by atoms with Crippen LogP contribution < -0.4 is 5.32 Å². The molecule has 0 saturated carbocycles. The van der Waals surface area contributed by atoms with Crippen molar-refractivity contribution < 1.29 is 0 Å². The van der Waals surface area contributed by atoms with Crippen LogP contribution in [-0.4, -0.2) is 36.0 Å². The number of nitrogens with zero attached hydrogens (tertiary/aromatic N) is 2. The third-order valence-electron chi connectivity index (χ3n) is 4.19. The molecule has 1 unspecified atom stereocenters. The zero-order valence-corrected chi connectivity index (χ0v) is 15.6. The normalized spacial score (nSPS) is 19.1. The molecule has 1 saturated heterocycles. The standard InChI is InChI=1S/C17H24N4.HI/c1-13-6-5-9-21(12-13)17(18-2)19-11-15-10-14-7-3-4-8-16(14)20-15;/h3-4,7-8,10,13,20H,5-6,9,11-12H2,1-2H3,(H,18,19);1H. The first kappa shape index (κ1) is 17.1. The fraction of sp³-hybridized carbons (Fsp3) is 0.471. The van der Waals surface area contributed by atoms with E-state index in [1.54, 1.807) is 0 Å². The molecule has 1 aliphatic heterocycles. The second-order valence-corrected chi connectivity index (χ2v) is 5.98. The Morgan fingerprint density at radius 3 is 2.95 bits per heavy atom. The van der Waals surface area contributed by atoms with E-state index in [4.69, 9.17) is 0 Å². The number of para-hydroxylation sites is 1. The van der Waals surface area contributed by atoms with Crippen molar-refractivity contribution in [2.75, 3.05) is 20.1 Å². The van der Waals surface area contributed by atoms with Crippen LogP contribution in [0.1, 0.15) is 25.5 Å². The number of piperidine rings is 1. The first-order valence-electron chi connectivity index (χ1n) is 7.78. The van der Waals surface area contributed by atoms with E-state index in [0.29, 0.717) is 0 Å². The molecule has 2 heterocycles. The van der Waals surface area contributed by atoms with E-state index in [0.717, 1.165) is 31.5 Å². The maximum atomic E-state index is 4.43. The molecule has 3 rings (SSSR count). The van der Waals surface area contributed by atoms with Gasteiger partial charge in [0, 0.05) is 31.3 Å². The summed E-state index contributed by atoms with van der Waals surface area (Å²) in [4.78, 5) is 10.3. The van der Waals surface area contributed by atoms with Crippen molar-refractivity contribution in [3.63, 3.8) is 0 Å². The molecule has 1 aromatic carbocycles. The maximum absolute atomic E-state index is 4.43. The summed E-state index contributed by atoms with van der Waals surface area (Å²) in [6, 6.07) is 10.6. The molecule has 120 valence electrons. The van der Waals surface area contributed by atoms with Gasteiger partial charge in [-0.05, 0) is 36.3 Å². The average molecular weight is 412 g/mol. The van der Waals surface area contributed by atoms with Crippen molar-refractivity contribution >= 4 is 40.8 Å². The van der Waals surface area contributed by atoms with E-state index in [9.17, 15) is 0 Å². The predicted octanol–water partition coefficient (Wildman–Crippen LogP) is 3.59. The van der Waals surface area contributed by atoms with Crippen molar-refractivity contribution in [2.24, 2.45) is 10.9 Å². The van der Waals surface area contributed by atoms with Crippen LogP contribution in [0, 0.1) is 5.92 Å². The van der Waals surface area contributed by atoms with E-state index in [-0.39, 0.29) is 24.0 Å². The van der Waals surface area contributed by atoms with Crippen LogP contribution in [0.15, 0.2) is 35.3 Å². The smallest absolute Gasteiger partial charge is 0.193 e. The number of aromatic amines is 1. The molecule has 1 aromatic heterocycles. The summed E-state index contributed by atoms with van der Waals surface area (Å²) in [5.74, 6) is 1.77. The fourth-order valence-corrected chi connectivity index (χ4v) is 3.12. The highest BCUT2D eigenvalue weighted by molar-refractivity contribution is 14.0. The maximum Gasteiger partial charge on any atom is 0.193 e. The summed E-state index contributed by atoms with van der Waals surface area (Å²) in [5, 5.41) is 4.74. The molecular formula is C17H25IN4. The van der Waals surface area contributed by atoms with Crippen molar-refractivity contribution in [1.82, 2.24) is 15.2 Å². The molecule has 0 aliphatic carbocycles. The molecule has 1 aliphatic rings. The van der Waals surface area contributed by atoms with Crippen molar-refractivity contribution in [3.8, 4) is 0 Å². The molecule has 2 aromatic rings. The number of likely N-dealkylation sites (tertiary alicyclic amines) is 1. The van der Waals surface area contributed by atoms with E-state index in [1.807, 2.05) is 7.05 Å². The summed E-state index contributed by atoms with van der Waals surface area (Å²) in [5.41, 5.74) is 2.39. The average Bonchev–Trinajstić information content (AvgIpc) is 2.91. The lowest BCUT2D eigenvalue weighted by molar-refractivity contribution is 0.266. The second kappa shape index (κ2) is 7.85. The first-order valence-corrected chi connectivity index (χ1v) is 7.78. The number of nitrogens with one attached hydrogen (secondary N) is 2. The van der Waals surface area contributed by atoms with E-state index >= 15 is 0 Å². The number of halogens is 1. The van der Waals surface area contributed by atoms with E-state index < -0.39 is 0 Å². The number of hydrogen-bond acceptors (Lipinski definition) is 1. The molecule has 0 bridgehead atoms. The molecule has 0 radical (unpaired) electrons. The largest absolute Gasteiger partial charge is 0.357 e. The van der Waals surface area contributed by atoms with Gasteiger partial charge in [-0.3, -0.25) is 4.99 Å². The number of guanidine groups is 1. The lowest BCUT2D eigenvalue weighted by atomic mass is 10.0. The quantitative estimate of drug-likeness (QED) is 0.450. The second-order valence-electron chi connectivity index (χ2n) is 5.98. The van der Waals surface area contributed by atoms with Crippen molar-refractivity contribution in [1.29, 1.82) is 0 Å². The van der Waals surface area contributed by atoms with E-state index in [2.05, 4.69) is 57.4 Å². The van der Waals surface area contributed by atoms with Gasteiger partial charge in [-0.25, -0.2) is 0 Å². The monoisotopic (exact) mass is 412 g/mol. The van der Waals surface area contributed by atoms with Crippen LogP contribution in [0.4, 0.5) is 0 Å². The summed E-state index contributed by atoms with van der Waals surface area (Å²) in [7, 11) is 1.87. The van der Waals surface area contributed by atoms with Crippen molar-refractivity contribution in [2.45, 2.75) is 26.3 Å². The highest BCUT2D eigenvalue weighted by Crippen LogP contribution is 2.16. The van der Waals surface area contributed by atoms with Crippen LogP contribution in [-0.2, 0) is 6.54 Å². The first-order chi connectivity index (χ1) is 10.3. The van der Waals surface area contributed by atoms with Gasteiger partial charge in [0.15, 0.2) is 5.96 Å². The number of H-pyrrole nitrogens is 1. The van der Waals surface area contributed by atoms with Gasteiger partial charge in [0.1, 0.15) is 0 Å². The summed E-state index contributed by atoms with van der Waals surface area (Å²) in [6.45, 7) is 5.31. The Bertz CT molecular complexity index is 601. The Hall–Kier alpha value is -1.24. The minimum atomic E-state index is 0. The number of fused-ring (bicyclic) bond motifs is 1. The minimum absolute atomic E-state index is 0. The lowest BCUT2D eigenvalue weighted by Crippen LogP contribution is -2.45. The van der Waals surface area contributed by atoms with Gasteiger partial charge in [-0.1, -0.05) is 25.1 Å². The molecule has 22 heavy (non-hydrogen) atoms. The highest BCUT2D eigenvalue weighted by atomic mass is 127. The topological polar surface area (TPSA) is 43.4 Å². The molecular weight excluding hydrogens is 387 g/mol. The number of hydrogen-bond donors (Lipinski definition) is 2. The Morgan fingerprint density at radius 1 is 1.41 bits per heavy atom. The zero-order valence-electron chi connectivity index (χ0n) is 13.3. The summed E-state index contributed by atoms with van der Waals surface area (Å²) >= 11 is 0. The summed E-state index contributed by atoms with van der Waals surface area (Å²) in [6.07, 6.45) is 2.59. The number of aromatic nitrogens is 1. The predicted molar refractivity (Wildman–Crippen MR) is 104 cm³/mol. The van der Waals surface area contributed by atoms with Gasteiger partial charge < -0.3 is 15.2 Å². The van der Waals surface area contributed by atoms with Gasteiger partial charge in [-0.2, -0.15) is 0 Å². The van der Waals surface area contributed by atoms with Crippen LogP contribution in [0.5, 0.6) is 0 Å². The molecule has 4 nitrogen and oxygen atoms in total. The Morgan fingerprint density at radius 2 is 2.23 bits per heavy atom. The molecule has 0 amide bonds. The van der Waals surface area contributed by atoms with Crippen molar-refractivity contribution in [3.05, 3.63) is 36.0 Å². The Labute approximate surface area is 149 Å². The third-order valence-corrected chi connectivity index (χ3v) is 4.19. The molecule has 0 spiro atoms. The Kier molecular flexibility index (Phi) is 6.11. The van der Waals surface area contributed by atoms with E-state index in [1.165, 1.54) is 29.4 Å². The third kappa shape index (κ3) is 3.94. The van der Waals surface area contributed by atoms with Crippen LogP contribution in [0.25, 0.3) is 10.9 Å². The van der Waals surface area contributed by atoms with Gasteiger partial charge in [0.05, 0.1) is 6.54 Å². The van der Waals surface area contributed by atoms with Crippen LogP contribution in [0.2, 0.25) is 0 Å². The number of benzene rings is 1. The Balaban J connectivity index is 0.00000176. The highest BCUT2D eigenvalue weighted by Gasteiger charge is 2.19. The number of aliphatic imine (C=N–C) groups is 1. The van der Waals surface area contributed by atoms with Gasteiger partial charge in [0.2, 0.25) is 0 Å². The molecule has 5 heteroatoms. The van der Waals surface area contributed by atoms with Gasteiger partial charge >= 0.3 is 0 Å². The lowest BCUT2D eigenvalue weighted by Gasteiger charge is -2.33. The van der Waals surface area contributed by atoms with Gasteiger partial charge in [0.25, 0.3) is 0 Å².